The van der Waals surface area contributed by atoms with Gasteiger partial charge in [0.2, 0.25) is 0 Å². The fraction of sp³-hybridized carbons (Fsp3) is 0.500. The van der Waals surface area contributed by atoms with E-state index >= 15 is 0 Å². The average molecular weight is 201 g/mol. The Balaban J connectivity index is 2.65. The third kappa shape index (κ3) is 2.18. The van der Waals surface area contributed by atoms with Crippen molar-refractivity contribution in [2.45, 2.75) is 6.73 Å². The first-order valence-corrected chi connectivity index (χ1v) is 3.84. The van der Waals surface area contributed by atoms with Gasteiger partial charge in [0.15, 0.2) is 11.5 Å². The van der Waals surface area contributed by atoms with Crippen LogP contribution < -0.4 is 11.5 Å². The number of rotatable bonds is 5. The first-order chi connectivity index (χ1) is 6.66. The van der Waals surface area contributed by atoms with Crippen LogP contribution in [0.2, 0.25) is 0 Å². The van der Waals surface area contributed by atoms with Gasteiger partial charge in [0.05, 0.1) is 13.2 Å². The second kappa shape index (κ2) is 4.53. The Morgan fingerprint density at radius 2 is 2.36 bits per heavy atom. The second-order valence-electron chi connectivity index (χ2n) is 2.45. The van der Waals surface area contributed by atoms with Crippen LogP contribution in [0, 0.1) is 0 Å². The summed E-state index contributed by atoms with van der Waals surface area (Å²) < 4.78 is 6.10. The van der Waals surface area contributed by atoms with Crippen LogP contribution in [0.3, 0.4) is 0 Å². The van der Waals surface area contributed by atoms with E-state index < -0.39 is 5.91 Å². The van der Waals surface area contributed by atoms with Gasteiger partial charge in [-0.05, 0) is 0 Å². The summed E-state index contributed by atoms with van der Waals surface area (Å²) in [5.41, 5.74) is 10.4. The molecule has 0 saturated heterocycles. The number of aromatic nitrogens is 3. The molecule has 0 bridgehead atoms. The third-order valence-electron chi connectivity index (χ3n) is 1.46. The summed E-state index contributed by atoms with van der Waals surface area (Å²) in [7, 11) is 0. The average Bonchev–Trinajstić information content (AvgIpc) is 2.48. The van der Waals surface area contributed by atoms with E-state index in [0.717, 1.165) is 0 Å². The van der Waals surface area contributed by atoms with Crippen LogP contribution in [-0.2, 0) is 11.5 Å². The zero-order chi connectivity index (χ0) is 10.6. The molecule has 1 rings (SSSR count). The Kier molecular flexibility index (Phi) is 3.37. The minimum absolute atomic E-state index is 0.0205. The van der Waals surface area contributed by atoms with Crippen LogP contribution in [0.1, 0.15) is 10.5 Å². The molecular formula is C6H11N5O3. The van der Waals surface area contributed by atoms with Gasteiger partial charge in [-0.15, -0.1) is 5.10 Å². The van der Waals surface area contributed by atoms with Gasteiger partial charge < -0.3 is 21.3 Å². The summed E-state index contributed by atoms with van der Waals surface area (Å²) in [5, 5.41) is 15.4. The molecule has 0 aromatic carbocycles. The largest absolute Gasteiger partial charge is 0.394 e. The molecule has 0 spiro atoms. The summed E-state index contributed by atoms with van der Waals surface area (Å²) >= 11 is 0. The fourth-order valence-corrected chi connectivity index (χ4v) is 0.807. The number of amides is 1. The molecule has 0 aliphatic rings. The third-order valence-corrected chi connectivity index (χ3v) is 1.46. The van der Waals surface area contributed by atoms with E-state index in [-0.39, 0.29) is 31.5 Å². The highest BCUT2D eigenvalue weighted by atomic mass is 16.5. The highest BCUT2D eigenvalue weighted by molar-refractivity contribution is 5.94. The van der Waals surface area contributed by atoms with Crippen molar-refractivity contribution in [1.82, 2.24) is 15.0 Å². The van der Waals surface area contributed by atoms with Crippen LogP contribution in [-0.4, -0.2) is 39.2 Å². The molecule has 0 radical (unpaired) electrons. The van der Waals surface area contributed by atoms with Crippen molar-refractivity contribution in [1.29, 1.82) is 0 Å². The lowest BCUT2D eigenvalue weighted by Crippen LogP contribution is -2.15. The molecule has 8 heteroatoms. The number of hydrogen-bond acceptors (Lipinski definition) is 6. The Morgan fingerprint density at radius 3 is 2.86 bits per heavy atom. The van der Waals surface area contributed by atoms with E-state index in [2.05, 4.69) is 10.3 Å². The maximum Gasteiger partial charge on any atom is 0.273 e. The lowest BCUT2D eigenvalue weighted by Gasteiger charge is -2.02. The predicted molar refractivity (Wildman–Crippen MR) is 46.0 cm³/mol. The quantitative estimate of drug-likeness (QED) is 0.469. The van der Waals surface area contributed by atoms with Crippen molar-refractivity contribution in [2.75, 3.05) is 18.9 Å². The van der Waals surface area contributed by atoms with E-state index in [9.17, 15) is 4.79 Å². The molecule has 1 aromatic rings. The summed E-state index contributed by atoms with van der Waals surface area (Å²) in [6.07, 6.45) is 0. The molecule has 8 nitrogen and oxygen atoms in total. The van der Waals surface area contributed by atoms with Gasteiger partial charge in [-0.3, -0.25) is 4.79 Å². The fourth-order valence-electron chi connectivity index (χ4n) is 0.807. The number of primary amides is 1. The van der Waals surface area contributed by atoms with Crippen molar-refractivity contribution in [3.63, 3.8) is 0 Å². The molecular weight excluding hydrogens is 190 g/mol. The number of nitrogens with two attached hydrogens (primary N) is 2. The molecule has 1 heterocycles. The van der Waals surface area contributed by atoms with Crippen molar-refractivity contribution in [3.05, 3.63) is 5.69 Å². The molecule has 0 aliphatic carbocycles. The minimum Gasteiger partial charge on any atom is -0.394 e. The molecule has 0 aliphatic heterocycles. The standard InChI is InChI=1S/C6H11N5O3/c7-5-4(6(8)13)9-10-11(5)3-14-2-1-12/h12H,1-3,7H2,(H2,8,13). The van der Waals surface area contributed by atoms with Crippen LogP contribution in [0.15, 0.2) is 0 Å². The lowest BCUT2D eigenvalue weighted by molar-refractivity contribution is 0.0421. The molecule has 1 amide bonds. The van der Waals surface area contributed by atoms with Crippen LogP contribution in [0.5, 0.6) is 0 Å². The summed E-state index contributed by atoms with van der Waals surface area (Å²) in [4.78, 5) is 10.7. The zero-order valence-electron chi connectivity index (χ0n) is 7.38. The summed E-state index contributed by atoms with van der Waals surface area (Å²) in [6.45, 7) is 0.0785. The summed E-state index contributed by atoms with van der Waals surface area (Å²) in [6, 6.07) is 0. The molecule has 78 valence electrons. The van der Waals surface area contributed by atoms with Gasteiger partial charge >= 0.3 is 0 Å². The van der Waals surface area contributed by atoms with Crippen molar-refractivity contribution in [3.8, 4) is 0 Å². The number of carbonyl (C=O) groups is 1. The first kappa shape index (κ1) is 10.4. The smallest absolute Gasteiger partial charge is 0.273 e. The van der Waals surface area contributed by atoms with Gasteiger partial charge in [0, 0.05) is 0 Å². The zero-order valence-corrected chi connectivity index (χ0v) is 7.38. The highest BCUT2D eigenvalue weighted by Crippen LogP contribution is 2.05. The molecule has 5 N–H and O–H groups in total. The van der Waals surface area contributed by atoms with Crippen LogP contribution >= 0.6 is 0 Å². The number of anilines is 1. The van der Waals surface area contributed by atoms with E-state index in [1.165, 1.54) is 4.68 Å². The normalized spacial score (nSPS) is 10.4. The van der Waals surface area contributed by atoms with Crippen molar-refractivity contribution in [2.24, 2.45) is 5.73 Å². The first-order valence-electron chi connectivity index (χ1n) is 3.84. The Labute approximate surface area is 79.4 Å². The van der Waals surface area contributed by atoms with E-state index in [4.69, 9.17) is 21.3 Å². The summed E-state index contributed by atoms with van der Waals surface area (Å²) in [5.74, 6) is -0.689. The number of aliphatic hydroxyl groups excluding tert-OH is 1. The van der Waals surface area contributed by atoms with Gasteiger partial charge in [0.25, 0.3) is 5.91 Å². The maximum atomic E-state index is 10.7. The molecule has 0 atom stereocenters. The van der Waals surface area contributed by atoms with Crippen molar-refractivity contribution >= 4 is 11.7 Å². The Hall–Kier alpha value is -1.67. The van der Waals surface area contributed by atoms with Gasteiger partial charge in [-0.1, -0.05) is 5.21 Å². The topological polar surface area (TPSA) is 129 Å². The van der Waals surface area contributed by atoms with E-state index in [1.54, 1.807) is 0 Å². The molecule has 14 heavy (non-hydrogen) atoms. The number of nitrogen functional groups attached to an aromatic ring is 1. The maximum absolute atomic E-state index is 10.7. The Bertz CT molecular complexity index is 323. The SMILES string of the molecule is NC(=O)c1nnn(COCCO)c1N. The second-order valence-corrected chi connectivity index (χ2v) is 2.45. The molecule has 0 saturated carbocycles. The lowest BCUT2D eigenvalue weighted by atomic mass is 10.4. The number of nitrogens with zero attached hydrogens (tertiary/aromatic N) is 3. The van der Waals surface area contributed by atoms with Gasteiger partial charge in [-0.25, -0.2) is 4.68 Å². The molecule has 0 fully saturated rings. The Morgan fingerprint density at radius 1 is 1.64 bits per heavy atom. The molecule has 1 aromatic heterocycles. The van der Waals surface area contributed by atoms with Crippen molar-refractivity contribution < 1.29 is 14.6 Å². The number of carbonyl (C=O) groups excluding carboxylic acids is 1. The highest BCUT2D eigenvalue weighted by Gasteiger charge is 2.13. The molecule has 0 unspecified atom stereocenters. The van der Waals surface area contributed by atoms with Gasteiger partial charge in [-0.2, -0.15) is 0 Å². The van der Waals surface area contributed by atoms with Gasteiger partial charge in [0.1, 0.15) is 6.73 Å². The predicted octanol–water partition coefficient (Wildman–Crippen LogP) is -2.07. The van der Waals surface area contributed by atoms with Crippen LogP contribution in [0.4, 0.5) is 5.82 Å². The number of hydrogen-bond donors (Lipinski definition) is 3. The van der Waals surface area contributed by atoms with E-state index in [0.29, 0.717) is 0 Å². The monoisotopic (exact) mass is 201 g/mol. The van der Waals surface area contributed by atoms with Crippen LogP contribution in [0.25, 0.3) is 0 Å². The van der Waals surface area contributed by atoms with E-state index in [1.807, 2.05) is 0 Å². The number of aliphatic hydroxyl groups is 1. The minimum atomic E-state index is -0.740. The number of ether oxygens (including phenoxy) is 1.